The number of nitrogens with one attached hydrogen (secondary N) is 1. The lowest BCUT2D eigenvalue weighted by Crippen LogP contribution is -2.14. The summed E-state index contributed by atoms with van der Waals surface area (Å²) in [7, 11) is 1.24. The molecule has 4 nitrogen and oxygen atoms in total. The Morgan fingerprint density at radius 1 is 1.00 bits per heavy atom. The fraction of sp³-hybridized carbons (Fsp3) is 0.125. The molecule has 0 unspecified atom stereocenters. The maximum atomic E-state index is 12.6. The summed E-state index contributed by atoms with van der Waals surface area (Å²) in [5.41, 5.74) is -0.368. The van der Waals surface area contributed by atoms with Crippen molar-refractivity contribution in [3.8, 4) is 0 Å². The molecule has 0 bridgehead atoms. The second-order valence-electron chi connectivity index (χ2n) is 4.60. The van der Waals surface area contributed by atoms with Crippen LogP contribution < -0.4 is 5.32 Å². The zero-order valence-electron chi connectivity index (χ0n) is 12.0. The molecule has 2 aromatic rings. The number of anilines is 1. The summed E-state index contributed by atoms with van der Waals surface area (Å²) < 4.78 is 42.4. The average Bonchev–Trinajstić information content (AvgIpc) is 2.54. The predicted molar refractivity (Wildman–Crippen MR) is 77.2 cm³/mol. The third kappa shape index (κ3) is 4.09. The Hall–Kier alpha value is -2.83. The monoisotopic (exact) mass is 323 g/mol. The molecule has 23 heavy (non-hydrogen) atoms. The van der Waals surface area contributed by atoms with Crippen LogP contribution in [0.3, 0.4) is 0 Å². The molecule has 1 N–H and O–H groups in total. The van der Waals surface area contributed by atoms with Crippen LogP contribution in [0, 0.1) is 0 Å². The van der Waals surface area contributed by atoms with Crippen LogP contribution in [0.25, 0.3) is 0 Å². The average molecular weight is 323 g/mol. The number of halogens is 3. The highest BCUT2D eigenvalue weighted by molar-refractivity contribution is 6.04. The third-order valence-electron chi connectivity index (χ3n) is 3.02. The van der Waals surface area contributed by atoms with E-state index in [1.54, 1.807) is 0 Å². The first kappa shape index (κ1) is 16.5. The van der Waals surface area contributed by atoms with Crippen LogP contribution in [0.2, 0.25) is 0 Å². The highest BCUT2D eigenvalue weighted by Gasteiger charge is 2.30. The quantitative estimate of drug-likeness (QED) is 0.875. The molecule has 7 heteroatoms. The topological polar surface area (TPSA) is 55.4 Å². The van der Waals surface area contributed by atoms with Crippen molar-refractivity contribution in [2.75, 3.05) is 12.4 Å². The normalized spacial score (nSPS) is 11.0. The van der Waals surface area contributed by atoms with E-state index in [2.05, 4.69) is 10.1 Å². The van der Waals surface area contributed by atoms with Crippen molar-refractivity contribution in [1.29, 1.82) is 0 Å². The third-order valence-corrected chi connectivity index (χ3v) is 3.02. The Morgan fingerprint density at radius 3 is 2.22 bits per heavy atom. The minimum Gasteiger partial charge on any atom is -0.465 e. The van der Waals surface area contributed by atoms with Gasteiger partial charge in [-0.25, -0.2) is 4.79 Å². The molecule has 0 saturated heterocycles. The second kappa shape index (κ2) is 6.51. The smallest absolute Gasteiger partial charge is 0.416 e. The molecule has 0 heterocycles. The van der Waals surface area contributed by atoms with Gasteiger partial charge in [0.05, 0.1) is 18.2 Å². The van der Waals surface area contributed by atoms with Crippen LogP contribution in [0.15, 0.2) is 48.5 Å². The Morgan fingerprint density at radius 2 is 1.65 bits per heavy atom. The summed E-state index contributed by atoms with van der Waals surface area (Å²) >= 11 is 0. The summed E-state index contributed by atoms with van der Waals surface area (Å²) in [4.78, 5) is 23.3. The van der Waals surface area contributed by atoms with Crippen molar-refractivity contribution in [2.24, 2.45) is 0 Å². The SMILES string of the molecule is COC(=O)c1ccc(NC(=O)c2cccc(C(F)(F)F)c2)cc1. The maximum Gasteiger partial charge on any atom is 0.416 e. The van der Waals surface area contributed by atoms with Gasteiger partial charge in [0, 0.05) is 11.3 Å². The van der Waals surface area contributed by atoms with Gasteiger partial charge in [0.2, 0.25) is 0 Å². The number of benzene rings is 2. The van der Waals surface area contributed by atoms with E-state index in [0.29, 0.717) is 11.3 Å². The number of rotatable bonds is 3. The number of hydrogen-bond donors (Lipinski definition) is 1. The fourth-order valence-electron chi connectivity index (χ4n) is 1.85. The van der Waals surface area contributed by atoms with Gasteiger partial charge in [0.25, 0.3) is 5.91 Å². The molecular formula is C16H12F3NO3. The highest BCUT2D eigenvalue weighted by atomic mass is 19.4. The van der Waals surface area contributed by atoms with E-state index >= 15 is 0 Å². The number of carbonyl (C=O) groups is 2. The second-order valence-corrected chi connectivity index (χ2v) is 4.60. The number of hydrogen-bond acceptors (Lipinski definition) is 3. The minimum atomic E-state index is -4.52. The lowest BCUT2D eigenvalue weighted by atomic mass is 10.1. The van der Waals surface area contributed by atoms with Gasteiger partial charge in [0.15, 0.2) is 0 Å². The molecule has 0 saturated carbocycles. The largest absolute Gasteiger partial charge is 0.465 e. The molecule has 0 radical (unpaired) electrons. The van der Waals surface area contributed by atoms with Gasteiger partial charge in [-0.1, -0.05) is 6.07 Å². The van der Waals surface area contributed by atoms with Crippen LogP contribution >= 0.6 is 0 Å². The molecule has 0 aliphatic carbocycles. The van der Waals surface area contributed by atoms with E-state index < -0.39 is 23.6 Å². The van der Waals surface area contributed by atoms with Gasteiger partial charge in [-0.3, -0.25) is 4.79 Å². The number of methoxy groups -OCH3 is 1. The first-order chi connectivity index (χ1) is 10.8. The zero-order valence-corrected chi connectivity index (χ0v) is 12.0. The Kier molecular flexibility index (Phi) is 4.68. The zero-order chi connectivity index (χ0) is 17.0. The fourth-order valence-corrected chi connectivity index (χ4v) is 1.85. The first-order valence-corrected chi connectivity index (χ1v) is 6.48. The van der Waals surface area contributed by atoms with Gasteiger partial charge in [0.1, 0.15) is 0 Å². The molecule has 0 aromatic heterocycles. The van der Waals surface area contributed by atoms with E-state index in [4.69, 9.17) is 0 Å². The van der Waals surface area contributed by atoms with Crippen LogP contribution in [0.1, 0.15) is 26.3 Å². The molecule has 0 aliphatic heterocycles. The van der Waals surface area contributed by atoms with Gasteiger partial charge in [-0.15, -0.1) is 0 Å². The Labute approximate surface area is 129 Å². The van der Waals surface area contributed by atoms with E-state index in [9.17, 15) is 22.8 Å². The predicted octanol–water partition coefficient (Wildman–Crippen LogP) is 3.74. The summed E-state index contributed by atoms with van der Waals surface area (Å²) in [6, 6.07) is 9.91. The van der Waals surface area contributed by atoms with Crippen molar-refractivity contribution in [2.45, 2.75) is 6.18 Å². The Bertz CT molecular complexity index is 724. The number of carbonyl (C=O) groups excluding carboxylic acids is 2. The standard InChI is InChI=1S/C16H12F3NO3/c1-23-15(22)10-5-7-13(8-6-10)20-14(21)11-3-2-4-12(9-11)16(17,18)19/h2-9H,1H3,(H,20,21). The molecule has 0 spiro atoms. The van der Waals surface area contributed by atoms with Crippen molar-refractivity contribution < 1.29 is 27.5 Å². The van der Waals surface area contributed by atoms with Gasteiger partial charge < -0.3 is 10.1 Å². The van der Waals surface area contributed by atoms with E-state index in [1.165, 1.54) is 37.4 Å². The Balaban J connectivity index is 2.15. The summed E-state index contributed by atoms with van der Waals surface area (Å²) in [5.74, 6) is -1.21. The highest BCUT2D eigenvalue weighted by Crippen LogP contribution is 2.29. The summed E-state index contributed by atoms with van der Waals surface area (Å²) in [6.45, 7) is 0. The van der Waals surface area contributed by atoms with Crippen molar-refractivity contribution in [3.05, 3.63) is 65.2 Å². The number of amides is 1. The van der Waals surface area contributed by atoms with Crippen LogP contribution in [0.4, 0.5) is 18.9 Å². The van der Waals surface area contributed by atoms with Crippen molar-refractivity contribution >= 4 is 17.6 Å². The summed E-state index contributed by atoms with van der Waals surface area (Å²) in [6.07, 6.45) is -4.52. The maximum absolute atomic E-state index is 12.6. The lowest BCUT2D eigenvalue weighted by Gasteiger charge is -2.09. The molecule has 0 aliphatic rings. The molecule has 0 atom stereocenters. The van der Waals surface area contributed by atoms with Gasteiger partial charge in [-0.2, -0.15) is 13.2 Å². The number of ether oxygens (including phenoxy) is 1. The lowest BCUT2D eigenvalue weighted by molar-refractivity contribution is -0.137. The van der Waals surface area contributed by atoms with Gasteiger partial charge >= 0.3 is 12.1 Å². The van der Waals surface area contributed by atoms with E-state index in [0.717, 1.165) is 18.2 Å². The summed E-state index contributed by atoms with van der Waals surface area (Å²) in [5, 5.41) is 2.46. The van der Waals surface area contributed by atoms with Crippen molar-refractivity contribution in [3.63, 3.8) is 0 Å². The van der Waals surface area contributed by atoms with E-state index in [-0.39, 0.29) is 5.56 Å². The first-order valence-electron chi connectivity index (χ1n) is 6.48. The van der Waals surface area contributed by atoms with Crippen LogP contribution in [-0.2, 0) is 10.9 Å². The van der Waals surface area contributed by atoms with Crippen molar-refractivity contribution in [1.82, 2.24) is 0 Å². The number of alkyl halides is 3. The van der Waals surface area contributed by atoms with E-state index in [1.807, 2.05) is 0 Å². The van der Waals surface area contributed by atoms with Crippen LogP contribution in [-0.4, -0.2) is 19.0 Å². The molecule has 2 rings (SSSR count). The minimum absolute atomic E-state index is 0.114. The molecular weight excluding hydrogens is 311 g/mol. The number of esters is 1. The van der Waals surface area contributed by atoms with Crippen LogP contribution in [0.5, 0.6) is 0 Å². The molecule has 120 valence electrons. The molecule has 0 fully saturated rings. The van der Waals surface area contributed by atoms with Gasteiger partial charge in [-0.05, 0) is 42.5 Å². The molecule has 1 amide bonds. The molecule has 2 aromatic carbocycles.